The molecule has 0 bridgehead atoms. The first kappa shape index (κ1) is 13.1. The Morgan fingerprint density at radius 1 is 1.22 bits per heavy atom. The van der Waals surface area contributed by atoms with Crippen LogP contribution in [0.4, 0.5) is 5.69 Å². The predicted octanol–water partition coefficient (Wildman–Crippen LogP) is 2.49. The van der Waals surface area contributed by atoms with Crippen molar-refractivity contribution in [3.63, 3.8) is 0 Å². The minimum absolute atomic E-state index is 0.0150. The van der Waals surface area contributed by atoms with E-state index in [9.17, 15) is 4.79 Å². The summed E-state index contributed by atoms with van der Waals surface area (Å²) in [6, 6.07) is 8.08. The Hall–Kier alpha value is -1.35. The third-order valence-electron chi connectivity index (χ3n) is 3.61. The molecule has 0 aromatic heterocycles. The highest BCUT2D eigenvalue weighted by atomic mass is 16.2. The minimum Gasteiger partial charge on any atom is -0.314 e. The van der Waals surface area contributed by atoms with Crippen LogP contribution in [0.2, 0.25) is 0 Å². The highest BCUT2D eigenvalue weighted by Crippen LogP contribution is 2.17. The van der Waals surface area contributed by atoms with Gasteiger partial charge in [-0.15, -0.1) is 0 Å². The molecule has 1 heterocycles. The van der Waals surface area contributed by atoms with E-state index in [1.165, 1.54) is 18.4 Å². The van der Waals surface area contributed by atoms with Crippen LogP contribution in [0.5, 0.6) is 0 Å². The lowest BCUT2D eigenvalue weighted by atomic mass is 10.1. The summed E-state index contributed by atoms with van der Waals surface area (Å²) in [6.07, 6.45) is 4.50. The number of nitrogens with one attached hydrogen (secondary N) is 1. The molecular weight excluding hydrogens is 224 g/mol. The quantitative estimate of drug-likeness (QED) is 0.869. The number of likely N-dealkylation sites (N-methyl/N-ethyl adjacent to an activating group) is 1. The number of carbonyl (C=O) groups excluding carboxylic acids is 1. The number of benzene rings is 1. The second-order valence-corrected chi connectivity index (χ2v) is 5.09. The summed E-state index contributed by atoms with van der Waals surface area (Å²) < 4.78 is 0. The predicted molar refractivity (Wildman–Crippen MR) is 74.8 cm³/mol. The van der Waals surface area contributed by atoms with Crippen LogP contribution in [-0.2, 0) is 4.79 Å². The normalized spacial score (nSPS) is 20.2. The first-order valence-electron chi connectivity index (χ1n) is 6.76. The molecule has 1 N–H and O–H groups in total. The van der Waals surface area contributed by atoms with Crippen molar-refractivity contribution in [1.29, 1.82) is 0 Å². The number of anilines is 1. The second kappa shape index (κ2) is 6.01. The van der Waals surface area contributed by atoms with E-state index in [0.29, 0.717) is 0 Å². The van der Waals surface area contributed by atoms with E-state index in [-0.39, 0.29) is 11.9 Å². The third-order valence-corrected chi connectivity index (χ3v) is 3.61. The molecule has 1 atom stereocenters. The van der Waals surface area contributed by atoms with Crippen LogP contribution in [0, 0.1) is 6.92 Å². The zero-order chi connectivity index (χ0) is 13.0. The van der Waals surface area contributed by atoms with Gasteiger partial charge in [0, 0.05) is 12.7 Å². The van der Waals surface area contributed by atoms with Crippen LogP contribution >= 0.6 is 0 Å². The molecule has 98 valence electrons. The number of rotatable bonds is 2. The van der Waals surface area contributed by atoms with Crippen LogP contribution in [0.1, 0.15) is 31.2 Å². The van der Waals surface area contributed by atoms with Gasteiger partial charge >= 0.3 is 0 Å². The van der Waals surface area contributed by atoms with Crippen molar-refractivity contribution in [2.75, 3.05) is 18.5 Å². The van der Waals surface area contributed by atoms with Gasteiger partial charge in [-0.05, 0) is 38.4 Å². The highest BCUT2D eigenvalue weighted by molar-refractivity contribution is 5.96. The molecule has 1 fully saturated rings. The number of aryl methyl sites for hydroxylation is 1. The molecule has 3 heteroatoms. The summed E-state index contributed by atoms with van der Waals surface area (Å²) >= 11 is 0. The van der Waals surface area contributed by atoms with Gasteiger partial charge in [-0.25, -0.2) is 0 Å². The molecule has 0 spiro atoms. The standard InChI is InChI=1S/C15H22N2O/c1-12-7-9-13(10-8-12)17(2)15(18)14-6-4-3-5-11-16-14/h7-10,14,16H,3-6,11H2,1-2H3. The summed E-state index contributed by atoms with van der Waals surface area (Å²) in [5, 5.41) is 3.35. The zero-order valence-corrected chi connectivity index (χ0v) is 11.3. The summed E-state index contributed by atoms with van der Waals surface area (Å²) in [6.45, 7) is 3.01. The van der Waals surface area contributed by atoms with Gasteiger partial charge in [0.1, 0.15) is 0 Å². The first-order valence-corrected chi connectivity index (χ1v) is 6.76. The van der Waals surface area contributed by atoms with E-state index < -0.39 is 0 Å². The van der Waals surface area contributed by atoms with Crippen molar-refractivity contribution in [1.82, 2.24) is 5.32 Å². The maximum Gasteiger partial charge on any atom is 0.243 e. The summed E-state index contributed by atoms with van der Waals surface area (Å²) in [7, 11) is 1.86. The fourth-order valence-corrected chi connectivity index (χ4v) is 2.37. The van der Waals surface area contributed by atoms with Crippen molar-refractivity contribution in [2.45, 2.75) is 38.6 Å². The molecule has 0 aliphatic carbocycles. The minimum atomic E-state index is -0.0150. The fraction of sp³-hybridized carbons (Fsp3) is 0.533. The Morgan fingerprint density at radius 3 is 2.67 bits per heavy atom. The summed E-state index contributed by atoms with van der Waals surface area (Å²) in [5.41, 5.74) is 2.18. The molecule has 1 aliphatic heterocycles. The van der Waals surface area contributed by atoms with Crippen LogP contribution in [0.15, 0.2) is 24.3 Å². The van der Waals surface area contributed by atoms with E-state index in [2.05, 4.69) is 12.2 Å². The topological polar surface area (TPSA) is 32.3 Å². The average molecular weight is 246 g/mol. The molecule has 2 rings (SSSR count). The maximum atomic E-state index is 12.4. The van der Waals surface area contributed by atoms with Crippen molar-refractivity contribution in [3.05, 3.63) is 29.8 Å². The number of hydrogen-bond acceptors (Lipinski definition) is 2. The Balaban J connectivity index is 2.05. The lowest BCUT2D eigenvalue weighted by Gasteiger charge is -2.23. The molecule has 1 saturated heterocycles. The van der Waals surface area contributed by atoms with Crippen LogP contribution in [-0.4, -0.2) is 25.5 Å². The second-order valence-electron chi connectivity index (χ2n) is 5.09. The molecule has 1 aliphatic rings. The van der Waals surface area contributed by atoms with E-state index in [4.69, 9.17) is 0 Å². The zero-order valence-electron chi connectivity index (χ0n) is 11.3. The van der Waals surface area contributed by atoms with E-state index in [0.717, 1.165) is 25.1 Å². The largest absolute Gasteiger partial charge is 0.314 e. The SMILES string of the molecule is Cc1ccc(N(C)C(=O)C2CCCCCN2)cc1. The number of hydrogen-bond donors (Lipinski definition) is 1. The smallest absolute Gasteiger partial charge is 0.243 e. The Labute approximate surface area is 109 Å². The molecule has 1 aromatic carbocycles. The summed E-state index contributed by atoms with van der Waals surface area (Å²) in [4.78, 5) is 14.2. The lowest BCUT2D eigenvalue weighted by Crippen LogP contribution is -2.44. The molecule has 0 saturated carbocycles. The Bertz CT molecular complexity index is 391. The molecule has 3 nitrogen and oxygen atoms in total. The van der Waals surface area contributed by atoms with Gasteiger partial charge in [-0.2, -0.15) is 0 Å². The van der Waals surface area contributed by atoms with Gasteiger partial charge in [0.25, 0.3) is 0 Å². The number of nitrogens with zero attached hydrogens (tertiary/aromatic N) is 1. The van der Waals surface area contributed by atoms with Crippen molar-refractivity contribution in [2.24, 2.45) is 0 Å². The van der Waals surface area contributed by atoms with Crippen molar-refractivity contribution >= 4 is 11.6 Å². The van der Waals surface area contributed by atoms with E-state index in [1.807, 2.05) is 31.3 Å². The van der Waals surface area contributed by atoms with Crippen LogP contribution in [0.3, 0.4) is 0 Å². The molecule has 1 unspecified atom stereocenters. The average Bonchev–Trinajstić information content (AvgIpc) is 2.67. The summed E-state index contributed by atoms with van der Waals surface area (Å²) in [5.74, 6) is 0.181. The molecule has 0 radical (unpaired) electrons. The van der Waals surface area contributed by atoms with Crippen LogP contribution < -0.4 is 10.2 Å². The van der Waals surface area contributed by atoms with Crippen molar-refractivity contribution in [3.8, 4) is 0 Å². The maximum absolute atomic E-state index is 12.4. The molecule has 18 heavy (non-hydrogen) atoms. The third kappa shape index (κ3) is 3.10. The van der Waals surface area contributed by atoms with E-state index in [1.54, 1.807) is 4.90 Å². The van der Waals surface area contributed by atoms with Gasteiger partial charge in [0.2, 0.25) is 5.91 Å². The molecule has 1 amide bonds. The highest BCUT2D eigenvalue weighted by Gasteiger charge is 2.23. The number of amides is 1. The van der Waals surface area contributed by atoms with E-state index >= 15 is 0 Å². The van der Waals surface area contributed by atoms with Gasteiger partial charge < -0.3 is 10.2 Å². The lowest BCUT2D eigenvalue weighted by molar-refractivity contribution is -0.120. The Kier molecular flexibility index (Phi) is 4.37. The number of carbonyl (C=O) groups is 1. The van der Waals surface area contributed by atoms with Gasteiger partial charge in [0.15, 0.2) is 0 Å². The fourth-order valence-electron chi connectivity index (χ4n) is 2.37. The van der Waals surface area contributed by atoms with Gasteiger partial charge in [-0.1, -0.05) is 30.5 Å². The molecular formula is C15H22N2O. The van der Waals surface area contributed by atoms with Crippen molar-refractivity contribution < 1.29 is 4.79 Å². The van der Waals surface area contributed by atoms with Gasteiger partial charge in [0.05, 0.1) is 6.04 Å². The monoisotopic (exact) mass is 246 g/mol. The molecule has 1 aromatic rings. The van der Waals surface area contributed by atoms with Gasteiger partial charge in [-0.3, -0.25) is 4.79 Å². The first-order chi connectivity index (χ1) is 8.68. The Morgan fingerprint density at radius 2 is 1.94 bits per heavy atom. The van der Waals surface area contributed by atoms with Crippen LogP contribution in [0.25, 0.3) is 0 Å².